The molecule has 1 aromatic heterocycles. The molecule has 3 heteroatoms. The van der Waals surface area contributed by atoms with E-state index in [0.717, 1.165) is 6.42 Å². The molecule has 0 saturated heterocycles. The van der Waals surface area contributed by atoms with Crippen molar-refractivity contribution in [2.45, 2.75) is 60.0 Å². The molecule has 1 heterocycles. The number of nitrogens with one attached hydrogen (secondary N) is 1. The average molecular weight is 302 g/mol. The summed E-state index contributed by atoms with van der Waals surface area (Å²) in [6.07, 6.45) is 1.00. The minimum absolute atomic E-state index is 0.189. The van der Waals surface area contributed by atoms with Crippen LogP contribution in [-0.2, 0) is 6.42 Å². The van der Waals surface area contributed by atoms with Gasteiger partial charge in [0.2, 0.25) is 0 Å². The molecular weight excluding hydrogens is 276 g/mol. The van der Waals surface area contributed by atoms with Gasteiger partial charge in [0.25, 0.3) is 0 Å². The summed E-state index contributed by atoms with van der Waals surface area (Å²) < 4.78 is 0. The second-order valence-corrected chi connectivity index (χ2v) is 7.26. The molecule has 1 aromatic carbocycles. The summed E-state index contributed by atoms with van der Waals surface area (Å²) in [4.78, 5) is 6.23. The Labute approximate surface area is 132 Å². The van der Waals surface area contributed by atoms with Gasteiger partial charge in [-0.05, 0) is 52.2 Å². The van der Waals surface area contributed by atoms with Gasteiger partial charge in [-0.15, -0.1) is 11.3 Å². The monoisotopic (exact) mass is 302 g/mol. The van der Waals surface area contributed by atoms with Gasteiger partial charge in [0.15, 0.2) is 0 Å². The van der Waals surface area contributed by atoms with Gasteiger partial charge in [-0.25, -0.2) is 4.98 Å². The predicted octanol–water partition coefficient (Wildman–Crippen LogP) is 4.72. The molecule has 0 amide bonds. The number of aromatic nitrogens is 1. The van der Waals surface area contributed by atoms with Crippen molar-refractivity contribution in [1.29, 1.82) is 0 Å². The van der Waals surface area contributed by atoms with Crippen molar-refractivity contribution in [3.8, 4) is 0 Å². The van der Waals surface area contributed by atoms with Crippen LogP contribution >= 0.6 is 11.3 Å². The third-order valence-corrected chi connectivity index (χ3v) is 4.81. The molecule has 0 saturated carbocycles. The maximum Gasteiger partial charge on any atom is 0.115 e. The van der Waals surface area contributed by atoms with E-state index in [4.69, 9.17) is 4.98 Å². The first-order chi connectivity index (χ1) is 9.92. The normalized spacial score (nSPS) is 12.9. The summed E-state index contributed by atoms with van der Waals surface area (Å²) in [7, 11) is 0. The molecule has 21 heavy (non-hydrogen) atoms. The molecular formula is C18H26N2S. The fourth-order valence-corrected chi connectivity index (χ4v) is 3.69. The zero-order chi connectivity index (χ0) is 15.6. The van der Waals surface area contributed by atoms with Crippen LogP contribution in [0.2, 0.25) is 0 Å². The van der Waals surface area contributed by atoms with E-state index >= 15 is 0 Å². The molecule has 114 valence electrons. The summed E-state index contributed by atoms with van der Waals surface area (Å²) in [6, 6.07) is 7.28. The third-order valence-electron chi connectivity index (χ3n) is 3.74. The van der Waals surface area contributed by atoms with Crippen molar-refractivity contribution < 1.29 is 0 Å². The van der Waals surface area contributed by atoms with Gasteiger partial charge < -0.3 is 5.32 Å². The van der Waals surface area contributed by atoms with E-state index in [-0.39, 0.29) is 6.04 Å². The first-order valence-corrected chi connectivity index (χ1v) is 8.53. The molecule has 0 aliphatic heterocycles. The van der Waals surface area contributed by atoms with E-state index in [2.05, 4.69) is 65.1 Å². The Morgan fingerprint density at radius 3 is 2.48 bits per heavy atom. The first kappa shape index (κ1) is 16.2. The first-order valence-electron chi connectivity index (χ1n) is 7.71. The van der Waals surface area contributed by atoms with E-state index in [9.17, 15) is 0 Å². The van der Waals surface area contributed by atoms with Crippen LogP contribution in [0.3, 0.4) is 0 Å². The minimum atomic E-state index is 0.189. The summed E-state index contributed by atoms with van der Waals surface area (Å²) in [6.45, 7) is 13.1. The number of thiazole rings is 1. The fraction of sp³-hybridized carbons (Fsp3) is 0.500. The maximum absolute atomic E-state index is 4.88. The summed E-state index contributed by atoms with van der Waals surface area (Å²) in [5.74, 6) is 0. The van der Waals surface area contributed by atoms with Crippen LogP contribution in [0.25, 0.3) is 0 Å². The Morgan fingerprint density at radius 1 is 1.19 bits per heavy atom. The lowest BCUT2D eigenvalue weighted by Gasteiger charge is -2.22. The number of hydrogen-bond donors (Lipinski definition) is 1. The van der Waals surface area contributed by atoms with E-state index in [1.807, 2.05) is 11.3 Å². The number of hydrogen-bond acceptors (Lipinski definition) is 3. The van der Waals surface area contributed by atoms with Crippen LogP contribution in [0.4, 0.5) is 0 Å². The van der Waals surface area contributed by atoms with Crippen LogP contribution in [0.5, 0.6) is 0 Å². The molecule has 0 aliphatic rings. The van der Waals surface area contributed by atoms with Gasteiger partial charge in [0, 0.05) is 10.9 Å². The molecule has 2 rings (SSSR count). The zero-order valence-electron chi connectivity index (χ0n) is 13.9. The Kier molecular flexibility index (Phi) is 5.17. The van der Waals surface area contributed by atoms with Crippen LogP contribution < -0.4 is 5.32 Å². The van der Waals surface area contributed by atoms with Gasteiger partial charge in [-0.1, -0.05) is 30.7 Å². The van der Waals surface area contributed by atoms with Crippen LogP contribution in [0.15, 0.2) is 18.2 Å². The van der Waals surface area contributed by atoms with Gasteiger partial charge in [-0.2, -0.15) is 0 Å². The molecule has 0 bridgehead atoms. The lowest BCUT2D eigenvalue weighted by atomic mass is 9.98. The van der Waals surface area contributed by atoms with Crippen molar-refractivity contribution in [1.82, 2.24) is 10.3 Å². The molecule has 1 unspecified atom stereocenters. The number of benzene rings is 1. The van der Waals surface area contributed by atoms with Crippen molar-refractivity contribution in [3.05, 3.63) is 50.5 Å². The summed E-state index contributed by atoms with van der Waals surface area (Å²) >= 11 is 1.82. The standard InChI is InChI=1S/C18H26N2S/c1-7-16-14(6)21-18(20-16)17(19-11(2)3)15-10-12(4)8-9-13(15)5/h8-11,17,19H,7H2,1-6H3. The highest BCUT2D eigenvalue weighted by atomic mass is 32.1. The SMILES string of the molecule is CCc1nc(C(NC(C)C)c2cc(C)ccc2C)sc1C. The molecule has 0 fully saturated rings. The van der Waals surface area contributed by atoms with E-state index in [1.54, 1.807) is 0 Å². The largest absolute Gasteiger partial charge is 0.302 e. The molecule has 1 N–H and O–H groups in total. The van der Waals surface area contributed by atoms with Crippen molar-refractivity contribution in [2.24, 2.45) is 0 Å². The molecule has 1 atom stereocenters. The van der Waals surface area contributed by atoms with Crippen molar-refractivity contribution in [2.75, 3.05) is 0 Å². The van der Waals surface area contributed by atoms with Crippen LogP contribution in [0.1, 0.15) is 59.1 Å². The topological polar surface area (TPSA) is 24.9 Å². The molecule has 0 aliphatic carbocycles. The summed E-state index contributed by atoms with van der Waals surface area (Å²) in [5, 5.41) is 4.88. The highest BCUT2D eigenvalue weighted by Gasteiger charge is 2.21. The van der Waals surface area contributed by atoms with Crippen LogP contribution in [0, 0.1) is 20.8 Å². The fourth-order valence-electron chi connectivity index (χ4n) is 2.60. The lowest BCUT2D eigenvalue weighted by molar-refractivity contribution is 0.524. The average Bonchev–Trinajstić information content (AvgIpc) is 2.80. The van der Waals surface area contributed by atoms with Gasteiger partial charge in [0.05, 0.1) is 11.7 Å². The Morgan fingerprint density at radius 2 is 1.90 bits per heavy atom. The van der Waals surface area contributed by atoms with Crippen molar-refractivity contribution in [3.63, 3.8) is 0 Å². The van der Waals surface area contributed by atoms with E-state index < -0.39 is 0 Å². The van der Waals surface area contributed by atoms with Gasteiger partial charge in [-0.3, -0.25) is 0 Å². The van der Waals surface area contributed by atoms with E-state index in [1.165, 1.54) is 32.3 Å². The Balaban J connectivity index is 2.49. The Hall–Kier alpha value is -1.19. The molecule has 2 aromatic rings. The predicted molar refractivity (Wildman–Crippen MR) is 92.3 cm³/mol. The second kappa shape index (κ2) is 6.71. The molecule has 0 radical (unpaired) electrons. The molecule has 0 spiro atoms. The van der Waals surface area contributed by atoms with Gasteiger partial charge in [0.1, 0.15) is 5.01 Å². The summed E-state index contributed by atoms with van der Waals surface area (Å²) in [5.41, 5.74) is 5.20. The maximum atomic E-state index is 4.88. The van der Waals surface area contributed by atoms with Gasteiger partial charge >= 0.3 is 0 Å². The second-order valence-electron chi connectivity index (χ2n) is 6.02. The van der Waals surface area contributed by atoms with Crippen molar-refractivity contribution >= 4 is 11.3 Å². The lowest BCUT2D eigenvalue weighted by Crippen LogP contribution is -2.29. The zero-order valence-corrected chi connectivity index (χ0v) is 14.8. The third kappa shape index (κ3) is 3.72. The quantitative estimate of drug-likeness (QED) is 0.864. The van der Waals surface area contributed by atoms with E-state index in [0.29, 0.717) is 6.04 Å². The smallest absolute Gasteiger partial charge is 0.115 e. The highest BCUT2D eigenvalue weighted by Crippen LogP contribution is 2.31. The Bertz CT molecular complexity index is 614. The number of aryl methyl sites for hydroxylation is 4. The number of rotatable bonds is 5. The number of nitrogens with zero attached hydrogens (tertiary/aromatic N) is 1. The van der Waals surface area contributed by atoms with Crippen LogP contribution in [-0.4, -0.2) is 11.0 Å². The molecule has 2 nitrogen and oxygen atoms in total. The minimum Gasteiger partial charge on any atom is -0.302 e. The highest BCUT2D eigenvalue weighted by molar-refractivity contribution is 7.11.